The minimum atomic E-state index is -0.761. The van der Waals surface area contributed by atoms with Gasteiger partial charge in [0.15, 0.2) is 0 Å². The van der Waals surface area contributed by atoms with E-state index in [-0.39, 0.29) is 0 Å². The maximum Gasteiger partial charge on any atom is 0.144 e. The van der Waals surface area contributed by atoms with Crippen LogP contribution in [0.15, 0.2) is 6.07 Å². The van der Waals surface area contributed by atoms with E-state index < -0.39 is 5.60 Å². The number of pyridine rings is 1. The second kappa shape index (κ2) is 6.00. The molecule has 0 saturated carbocycles. The standard InChI is InChI=1S/C16H21N3O2/c17-10-13-9-12-3-1-2-4-14(12)19-15(13)18-11-16(20)5-7-21-8-6-16/h9,20H,1-8,11H2,(H,18,19). The van der Waals surface area contributed by atoms with E-state index in [9.17, 15) is 10.4 Å². The van der Waals surface area contributed by atoms with E-state index in [0.29, 0.717) is 44.0 Å². The number of nitrogens with zero attached hydrogens (tertiary/aromatic N) is 2. The van der Waals surface area contributed by atoms with Crippen molar-refractivity contribution >= 4 is 5.82 Å². The molecule has 0 atom stereocenters. The van der Waals surface area contributed by atoms with Crippen LogP contribution < -0.4 is 5.32 Å². The number of rotatable bonds is 3. The topological polar surface area (TPSA) is 78.2 Å². The monoisotopic (exact) mass is 287 g/mol. The number of fused-ring (bicyclic) bond motifs is 1. The van der Waals surface area contributed by atoms with Gasteiger partial charge in [0, 0.05) is 38.3 Å². The summed E-state index contributed by atoms with van der Waals surface area (Å²) in [5.74, 6) is 0.609. The zero-order valence-corrected chi connectivity index (χ0v) is 12.2. The molecule has 3 rings (SSSR count). The van der Waals surface area contributed by atoms with Crippen molar-refractivity contribution in [2.45, 2.75) is 44.1 Å². The number of anilines is 1. The second-order valence-corrected chi connectivity index (χ2v) is 6.00. The molecule has 1 aromatic heterocycles. The molecule has 112 valence electrons. The Labute approximate surface area is 125 Å². The molecule has 1 fully saturated rings. The number of aryl methyl sites for hydroxylation is 2. The Hall–Kier alpha value is -1.64. The van der Waals surface area contributed by atoms with E-state index in [1.807, 2.05) is 6.07 Å². The lowest BCUT2D eigenvalue weighted by molar-refractivity contribution is -0.0543. The molecule has 1 aliphatic heterocycles. The molecule has 2 N–H and O–H groups in total. The molecule has 2 heterocycles. The van der Waals surface area contributed by atoms with E-state index in [0.717, 1.165) is 25.0 Å². The highest BCUT2D eigenvalue weighted by Gasteiger charge is 2.30. The van der Waals surface area contributed by atoms with Gasteiger partial charge in [-0.2, -0.15) is 5.26 Å². The Kier molecular flexibility index (Phi) is 4.09. The lowest BCUT2D eigenvalue weighted by atomic mass is 9.93. The van der Waals surface area contributed by atoms with E-state index in [2.05, 4.69) is 16.4 Å². The van der Waals surface area contributed by atoms with E-state index in [1.165, 1.54) is 12.0 Å². The fraction of sp³-hybridized carbons (Fsp3) is 0.625. The zero-order valence-electron chi connectivity index (χ0n) is 12.2. The van der Waals surface area contributed by atoms with Gasteiger partial charge in [-0.1, -0.05) is 0 Å². The Morgan fingerprint density at radius 1 is 1.33 bits per heavy atom. The SMILES string of the molecule is N#Cc1cc2c(nc1NCC1(O)CCOCC1)CCCC2. The smallest absolute Gasteiger partial charge is 0.144 e. The molecule has 0 unspecified atom stereocenters. The van der Waals surface area contributed by atoms with Gasteiger partial charge in [0.25, 0.3) is 0 Å². The van der Waals surface area contributed by atoms with Gasteiger partial charge in [-0.15, -0.1) is 0 Å². The van der Waals surface area contributed by atoms with Gasteiger partial charge in [0.2, 0.25) is 0 Å². The number of nitrogens with one attached hydrogen (secondary N) is 1. The zero-order chi connectivity index (χ0) is 14.7. The number of aliphatic hydroxyl groups is 1. The van der Waals surface area contributed by atoms with Crippen LogP contribution in [0.4, 0.5) is 5.82 Å². The molecule has 0 aromatic carbocycles. The van der Waals surface area contributed by atoms with Crippen LogP contribution in [0.1, 0.15) is 42.5 Å². The maximum atomic E-state index is 10.5. The summed E-state index contributed by atoms with van der Waals surface area (Å²) in [6.07, 6.45) is 5.56. The van der Waals surface area contributed by atoms with Crippen LogP contribution >= 0.6 is 0 Å². The molecule has 5 nitrogen and oxygen atoms in total. The molecule has 21 heavy (non-hydrogen) atoms. The van der Waals surface area contributed by atoms with E-state index in [1.54, 1.807) is 0 Å². The van der Waals surface area contributed by atoms with Gasteiger partial charge in [0.05, 0.1) is 11.2 Å². The fourth-order valence-electron chi connectivity index (χ4n) is 3.03. The van der Waals surface area contributed by atoms with Gasteiger partial charge in [-0.05, 0) is 37.3 Å². The number of hydrogen-bond donors (Lipinski definition) is 2. The van der Waals surface area contributed by atoms with Crippen molar-refractivity contribution in [2.24, 2.45) is 0 Å². The predicted molar refractivity (Wildman–Crippen MR) is 79.1 cm³/mol. The van der Waals surface area contributed by atoms with Gasteiger partial charge in [-0.25, -0.2) is 4.98 Å². The van der Waals surface area contributed by atoms with Gasteiger partial charge in [-0.3, -0.25) is 0 Å². The van der Waals surface area contributed by atoms with Crippen molar-refractivity contribution in [3.8, 4) is 6.07 Å². The fourth-order valence-corrected chi connectivity index (χ4v) is 3.03. The predicted octanol–water partition coefficient (Wildman–Crippen LogP) is 1.79. The van der Waals surface area contributed by atoms with Gasteiger partial charge >= 0.3 is 0 Å². The van der Waals surface area contributed by atoms with Crippen LogP contribution in [0.3, 0.4) is 0 Å². The number of nitriles is 1. The molecule has 1 aliphatic carbocycles. The van der Waals surface area contributed by atoms with Crippen LogP contribution in [0.25, 0.3) is 0 Å². The first-order chi connectivity index (χ1) is 10.2. The molecule has 0 amide bonds. The maximum absolute atomic E-state index is 10.5. The van der Waals surface area contributed by atoms with Gasteiger partial charge in [0.1, 0.15) is 11.9 Å². The highest BCUT2D eigenvalue weighted by atomic mass is 16.5. The molecule has 0 radical (unpaired) electrons. The molecule has 0 bridgehead atoms. The Morgan fingerprint density at radius 3 is 2.86 bits per heavy atom. The van der Waals surface area contributed by atoms with Crippen LogP contribution in [0, 0.1) is 11.3 Å². The molecule has 0 spiro atoms. The quantitative estimate of drug-likeness (QED) is 0.886. The van der Waals surface area contributed by atoms with Crippen molar-refractivity contribution < 1.29 is 9.84 Å². The summed E-state index contributed by atoms with van der Waals surface area (Å²) in [6.45, 7) is 1.58. The first-order valence-corrected chi connectivity index (χ1v) is 7.67. The molecule has 1 saturated heterocycles. The average molecular weight is 287 g/mol. The first kappa shape index (κ1) is 14.3. The summed E-state index contributed by atoms with van der Waals surface area (Å²) in [6, 6.07) is 4.17. The number of ether oxygens (including phenoxy) is 1. The summed E-state index contributed by atoms with van der Waals surface area (Å²) >= 11 is 0. The highest BCUT2D eigenvalue weighted by molar-refractivity contribution is 5.54. The molecule has 1 aromatic rings. The van der Waals surface area contributed by atoms with Crippen molar-refractivity contribution in [2.75, 3.05) is 25.1 Å². The lowest BCUT2D eigenvalue weighted by Gasteiger charge is -2.32. The summed E-state index contributed by atoms with van der Waals surface area (Å²) in [7, 11) is 0. The Morgan fingerprint density at radius 2 is 2.10 bits per heavy atom. The van der Waals surface area contributed by atoms with Crippen LogP contribution in [0.2, 0.25) is 0 Å². The van der Waals surface area contributed by atoms with E-state index >= 15 is 0 Å². The summed E-state index contributed by atoms with van der Waals surface area (Å²) in [4.78, 5) is 4.62. The minimum Gasteiger partial charge on any atom is -0.388 e. The van der Waals surface area contributed by atoms with Crippen molar-refractivity contribution in [3.05, 3.63) is 22.9 Å². The average Bonchev–Trinajstić information content (AvgIpc) is 2.53. The Bertz CT molecular complexity index is 559. The van der Waals surface area contributed by atoms with Crippen LogP contribution in [-0.2, 0) is 17.6 Å². The summed E-state index contributed by atoms with van der Waals surface area (Å²) < 4.78 is 5.28. The van der Waals surface area contributed by atoms with Gasteiger partial charge < -0.3 is 15.2 Å². The summed E-state index contributed by atoms with van der Waals surface area (Å²) in [5.41, 5.74) is 2.11. The second-order valence-electron chi connectivity index (χ2n) is 6.00. The third kappa shape index (κ3) is 3.17. The minimum absolute atomic E-state index is 0.414. The third-order valence-electron chi connectivity index (χ3n) is 4.43. The first-order valence-electron chi connectivity index (χ1n) is 7.67. The largest absolute Gasteiger partial charge is 0.388 e. The molecule has 2 aliphatic rings. The van der Waals surface area contributed by atoms with Crippen LogP contribution in [-0.4, -0.2) is 35.5 Å². The van der Waals surface area contributed by atoms with Crippen molar-refractivity contribution in [1.82, 2.24) is 4.98 Å². The van der Waals surface area contributed by atoms with E-state index in [4.69, 9.17) is 4.74 Å². The Balaban J connectivity index is 1.76. The third-order valence-corrected chi connectivity index (χ3v) is 4.43. The number of aromatic nitrogens is 1. The molecular weight excluding hydrogens is 266 g/mol. The normalized spacial score (nSPS) is 20.4. The summed E-state index contributed by atoms with van der Waals surface area (Å²) in [5, 5.41) is 23.0. The van der Waals surface area contributed by atoms with Crippen molar-refractivity contribution in [1.29, 1.82) is 5.26 Å². The lowest BCUT2D eigenvalue weighted by Crippen LogP contribution is -2.42. The highest BCUT2D eigenvalue weighted by Crippen LogP contribution is 2.26. The number of hydrogen-bond acceptors (Lipinski definition) is 5. The van der Waals surface area contributed by atoms with Crippen LogP contribution in [0.5, 0.6) is 0 Å². The molecular formula is C16H21N3O2. The molecule has 5 heteroatoms. The van der Waals surface area contributed by atoms with Crippen molar-refractivity contribution in [3.63, 3.8) is 0 Å².